The molecule has 4 heteroatoms. The van der Waals surface area contributed by atoms with E-state index in [0.717, 1.165) is 41.8 Å². The molecule has 0 amide bonds. The Balaban J connectivity index is 1.54. The van der Waals surface area contributed by atoms with Gasteiger partial charge in [-0.25, -0.2) is 0 Å². The number of fused-ring (bicyclic) bond motifs is 2. The number of carbonyl (C=O) groups excluding carboxylic acids is 1. The summed E-state index contributed by atoms with van der Waals surface area (Å²) in [5.41, 5.74) is 4.95. The molecule has 0 aliphatic heterocycles. The zero-order valence-electron chi connectivity index (χ0n) is 18.4. The maximum Gasteiger partial charge on any atom is 0.180 e. The molecule has 158 valence electrons. The van der Waals surface area contributed by atoms with E-state index in [-0.39, 0.29) is 11.2 Å². The van der Waals surface area contributed by atoms with Crippen LogP contribution in [0.5, 0.6) is 0 Å². The summed E-state index contributed by atoms with van der Waals surface area (Å²) in [5, 5.41) is 14.9. The highest BCUT2D eigenvalue weighted by atomic mass is 16.1. The van der Waals surface area contributed by atoms with Crippen molar-refractivity contribution in [2.75, 3.05) is 0 Å². The summed E-state index contributed by atoms with van der Waals surface area (Å²) in [6, 6.07) is 22.9. The van der Waals surface area contributed by atoms with Gasteiger partial charge in [0.05, 0.1) is 17.0 Å². The molecule has 2 aromatic carbocycles. The number of Topliss-reactive ketones (excluding diaryl/α,β-unsaturated/α-hetero) is 1. The highest BCUT2D eigenvalue weighted by Crippen LogP contribution is 2.79. The van der Waals surface area contributed by atoms with E-state index in [9.17, 15) is 10.1 Å². The van der Waals surface area contributed by atoms with Gasteiger partial charge in [0, 0.05) is 29.0 Å². The van der Waals surface area contributed by atoms with Gasteiger partial charge in [-0.3, -0.25) is 9.48 Å². The van der Waals surface area contributed by atoms with Gasteiger partial charge in [-0.2, -0.15) is 10.4 Å². The van der Waals surface area contributed by atoms with Gasteiger partial charge in [-0.05, 0) is 43.6 Å². The Kier molecular flexibility index (Phi) is 3.79. The highest BCUT2D eigenvalue weighted by molar-refractivity contribution is 6.08. The van der Waals surface area contributed by atoms with E-state index in [0.29, 0.717) is 12.0 Å². The Bertz CT molecular complexity index is 1330. The first-order valence-corrected chi connectivity index (χ1v) is 11.3. The average Bonchev–Trinajstić information content (AvgIpc) is 3.35. The van der Waals surface area contributed by atoms with E-state index in [1.165, 1.54) is 5.56 Å². The number of carbonyl (C=O) groups is 1. The molecule has 1 heterocycles. The third-order valence-corrected chi connectivity index (χ3v) is 8.46. The van der Waals surface area contributed by atoms with Crippen molar-refractivity contribution in [2.45, 2.75) is 38.0 Å². The van der Waals surface area contributed by atoms with Crippen LogP contribution in [0.3, 0.4) is 0 Å². The third-order valence-electron chi connectivity index (χ3n) is 8.46. The fourth-order valence-electron chi connectivity index (χ4n) is 6.94. The molecular weight excluding hydrogens is 394 g/mol. The van der Waals surface area contributed by atoms with Crippen LogP contribution < -0.4 is 0 Å². The monoisotopic (exact) mass is 419 g/mol. The molecule has 0 N–H and O–H groups in total. The normalized spacial score (nSPS) is 29.9. The number of benzene rings is 2. The fraction of sp³-hybridized carbons (Fsp3) is 0.321. The van der Waals surface area contributed by atoms with E-state index < -0.39 is 10.8 Å². The topological polar surface area (TPSA) is 58.7 Å². The first-order chi connectivity index (χ1) is 15.5. The number of nitriles is 1. The van der Waals surface area contributed by atoms with Crippen molar-refractivity contribution < 1.29 is 4.79 Å². The zero-order chi connectivity index (χ0) is 22.1. The van der Waals surface area contributed by atoms with Crippen LogP contribution in [0.4, 0.5) is 0 Å². The lowest BCUT2D eigenvalue weighted by Gasteiger charge is -2.45. The minimum atomic E-state index is -0.509. The minimum absolute atomic E-state index is 0.0315. The molecule has 1 spiro atoms. The van der Waals surface area contributed by atoms with Gasteiger partial charge in [0.15, 0.2) is 5.78 Å². The molecule has 32 heavy (non-hydrogen) atoms. The van der Waals surface area contributed by atoms with E-state index >= 15 is 0 Å². The summed E-state index contributed by atoms with van der Waals surface area (Å²) in [7, 11) is 2.00. The predicted octanol–water partition coefficient (Wildman–Crippen LogP) is 4.94. The highest BCUT2D eigenvalue weighted by Gasteiger charge is 2.80. The molecule has 0 saturated heterocycles. The molecule has 3 atom stereocenters. The van der Waals surface area contributed by atoms with Crippen LogP contribution in [0.25, 0.3) is 11.3 Å². The minimum Gasteiger partial charge on any atom is -0.293 e. The number of nitrogens with zero attached hydrogens (tertiary/aromatic N) is 3. The first-order valence-electron chi connectivity index (χ1n) is 11.3. The number of allylic oxidation sites excluding steroid dienone is 2. The van der Waals surface area contributed by atoms with Gasteiger partial charge in [0.1, 0.15) is 6.07 Å². The van der Waals surface area contributed by atoms with Gasteiger partial charge in [-0.15, -0.1) is 0 Å². The van der Waals surface area contributed by atoms with Crippen molar-refractivity contribution in [1.29, 1.82) is 5.26 Å². The van der Waals surface area contributed by atoms with Crippen LogP contribution in [-0.4, -0.2) is 15.6 Å². The summed E-state index contributed by atoms with van der Waals surface area (Å²) in [6.07, 6.45) is 5.31. The average molecular weight is 420 g/mol. The Morgan fingerprint density at radius 2 is 1.78 bits per heavy atom. The second-order valence-electron chi connectivity index (χ2n) is 9.87. The lowest BCUT2D eigenvalue weighted by molar-refractivity contribution is -0.123. The second-order valence-corrected chi connectivity index (χ2v) is 9.87. The van der Waals surface area contributed by atoms with Crippen molar-refractivity contribution in [3.8, 4) is 17.3 Å². The maximum atomic E-state index is 13.6. The van der Waals surface area contributed by atoms with Gasteiger partial charge in [-0.1, -0.05) is 66.7 Å². The maximum absolute atomic E-state index is 13.6. The van der Waals surface area contributed by atoms with Gasteiger partial charge < -0.3 is 0 Å². The SMILES string of the molecule is Cn1nc2c(c1-c1ccccc1)CC[C@@]13CC1(Cc1ccccc1)C(=O)C(C#N)=C[C@]23C. The fourth-order valence-corrected chi connectivity index (χ4v) is 6.94. The quantitative estimate of drug-likeness (QED) is 0.604. The molecule has 6 rings (SSSR count). The smallest absolute Gasteiger partial charge is 0.180 e. The van der Waals surface area contributed by atoms with Crippen LogP contribution in [0, 0.1) is 22.2 Å². The molecule has 4 nitrogen and oxygen atoms in total. The van der Waals surface area contributed by atoms with Crippen LogP contribution in [-0.2, 0) is 30.1 Å². The Morgan fingerprint density at radius 1 is 1.09 bits per heavy atom. The van der Waals surface area contributed by atoms with Crippen LogP contribution in [0.15, 0.2) is 72.3 Å². The summed E-state index contributed by atoms with van der Waals surface area (Å²) < 4.78 is 1.99. The largest absolute Gasteiger partial charge is 0.293 e. The zero-order valence-corrected chi connectivity index (χ0v) is 18.4. The lowest BCUT2D eigenvalue weighted by atomic mass is 9.56. The molecule has 1 saturated carbocycles. The van der Waals surface area contributed by atoms with Crippen molar-refractivity contribution in [3.05, 3.63) is 89.1 Å². The van der Waals surface area contributed by atoms with Crippen molar-refractivity contribution >= 4 is 5.78 Å². The van der Waals surface area contributed by atoms with E-state index in [4.69, 9.17) is 5.10 Å². The molecule has 1 aromatic heterocycles. The number of aromatic nitrogens is 2. The first kappa shape index (κ1) is 19.3. The van der Waals surface area contributed by atoms with Gasteiger partial charge in [0.25, 0.3) is 0 Å². The van der Waals surface area contributed by atoms with E-state index in [1.807, 2.05) is 42.1 Å². The number of hydrogen-bond acceptors (Lipinski definition) is 3. The summed E-state index contributed by atoms with van der Waals surface area (Å²) in [5.74, 6) is 0.0315. The molecule has 3 aliphatic rings. The predicted molar refractivity (Wildman–Crippen MR) is 123 cm³/mol. The molecular formula is C28H25N3O. The summed E-state index contributed by atoms with van der Waals surface area (Å²) >= 11 is 0. The van der Waals surface area contributed by atoms with Crippen LogP contribution >= 0.6 is 0 Å². The van der Waals surface area contributed by atoms with E-state index in [1.54, 1.807) is 0 Å². The number of rotatable bonds is 3. The molecule has 0 bridgehead atoms. The van der Waals surface area contributed by atoms with Crippen LogP contribution in [0.1, 0.15) is 36.6 Å². The van der Waals surface area contributed by atoms with Crippen molar-refractivity contribution in [3.63, 3.8) is 0 Å². The molecule has 3 aliphatic carbocycles. The molecule has 0 radical (unpaired) electrons. The van der Waals surface area contributed by atoms with Gasteiger partial charge in [0.2, 0.25) is 0 Å². The van der Waals surface area contributed by atoms with Crippen LogP contribution in [0.2, 0.25) is 0 Å². The van der Waals surface area contributed by atoms with Crippen molar-refractivity contribution in [1.82, 2.24) is 9.78 Å². The second kappa shape index (κ2) is 6.29. The Labute approximate surface area is 188 Å². The number of ketones is 1. The molecule has 1 fully saturated rings. The third kappa shape index (κ3) is 2.21. The Hall–Kier alpha value is -3.45. The standard InChI is InChI=1S/C28H25N3O/c1-26-16-21(17-29)25(32)27(15-19-9-5-3-6-10-19)18-28(26,27)14-13-22-23(31(2)30-24(22)26)20-11-7-4-8-12-20/h3-12,16H,13-15,18H2,1-2H3/t26-,27?,28+/m1/s1. The lowest BCUT2D eigenvalue weighted by Crippen LogP contribution is -2.47. The van der Waals surface area contributed by atoms with Crippen molar-refractivity contribution in [2.24, 2.45) is 17.9 Å². The van der Waals surface area contributed by atoms with E-state index in [2.05, 4.69) is 49.4 Å². The number of hydrogen-bond donors (Lipinski definition) is 0. The summed E-state index contributed by atoms with van der Waals surface area (Å²) in [4.78, 5) is 13.6. The molecule has 3 aromatic rings. The Morgan fingerprint density at radius 3 is 2.47 bits per heavy atom. The number of aryl methyl sites for hydroxylation is 1. The van der Waals surface area contributed by atoms with Gasteiger partial charge >= 0.3 is 0 Å². The molecule has 1 unspecified atom stereocenters. The summed E-state index contributed by atoms with van der Waals surface area (Å²) in [6.45, 7) is 2.21.